The first-order valence-corrected chi connectivity index (χ1v) is 7.72. The Hall–Kier alpha value is -2.74. The number of hydrogen-bond acceptors (Lipinski definition) is 5. The third-order valence-electron chi connectivity index (χ3n) is 3.64. The fourth-order valence-corrected chi connectivity index (χ4v) is 2.57. The van der Waals surface area contributed by atoms with Gasteiger partial charge in [0.2, 0.25) is 5.88 Å². The Morgan fingerprint density at radius 3 is 2.33 bits per heavy atom. The van der Waals surface area contributed by atoms with Crippen LogP contribution >= 0.6 is 0 Å². The van der Waals surface area contributed by atoms with Gasteiger partial charge in [-0.3, -0.25) is 0 Å². The van der Waals surface area contributed by atoms with Crippen molar-refractivity contribution < 1.29 is 14.3 Å². The zero-order valence-corrected chi connectivity index (χ0v) is 14.6. The van der Waals surface area contributed by atoms with E-state index in [4.69, 9.17) is 15.2 Å². The highest BCUT2D eigenvalue weighted by atomic mass is 16.6. The minimum Gasteiger partial charge on any atom is -0.456 e. The maximum atomic E-state index is 12.7. The fraction of sp³-hybridized carbons (Fsp3) is 0.368. The number of hydrogen-bond donors (Lipinski definition) is 1. The van der Waals surface area contributed by atoms with E-state index in [0.29, 0.717) is 11.3 Å². The van der Waals surface area contributed by atoms with Crippen LogP contribution in [-0.4, -0.2) is 11.6 Å². The number of carbonyl (C=O) groups excluding carboxylic acids is 1. The van der Waals surface area contributed by atoms with E-state index in [9.17, 15) is 10.1 Å². The SMILES string of the molecule is CC1=C(C(=O)OC(C)(C)C)C(c2ccc(C)cc2)C(C#N)=C(N)O1. The van der Waals surface area contributed by atoms with Gasteiger partial charge in [-0.1, -0.05) is 29.8 Å². The van der Waals surface area contributed by atoms with Gasteiger partial charge in [-0.15, -0.1) is 0 Å². The standard InChI is InChI=1S/C19H22N2O3/c1-11-6-8-13(9-7-11)16-14(10-20)17(21)23-12(2)15(16)18(22)24-19(3,4)5/h6-9,16H,21H2,1-5H3. The van der Waals surface area contributed by atoms with Crippen LogP contribution in [0.1, 0.15) is 44.7 Å². The number of nitriles is 1. The van der Waals surface area contributed by atoms with Crippen molar-refractivity contribution in [1.29, 1.82) is 5.26 Å². The summed E-state index contributed by atoms with van der Waals surface area (Å²) >= 11 is 0. The van der Waals surface area contributed by atoms with Crippen molar-refractivity contribution in [2.24, 2.45) is 5.73 Å². The lowest BCUT2D eigenvalue weighted by molar-refractivity contribution is -0.150. The Morgan fingerprint density at radius 2 is 1.83 bits per heavy atom. The zero-order valence-electron chi connectivity index (χ0n) is 14.6. The first kappa shape index (κ1) is 17.6. The molecule has 0 saturated heterocycles. The van der Waals surface area contributed by atoms with E-state index in [-0.39, 0.29) is 11.5 Å². The van der Waals surface area contributed by atoms with Crippen LogP contribution in [0.15, 0.2) is 47.1 Å². The number of benzene rings is 1. The van der Waals surface area contributed by atoms with Crippen molar-refractivity contribution in [3.63, 3.8) is 0 Å². The third kappa shape index (κ3) is 3.60. The van der Waals surface area contributed by atoms with Crippen molar-refractivity contribution in [3.05, 3.63) is 58.2 Å². The average molecular weight is 326 g/mol. The summed E-state index contributed by atoms with van der Waals surface area (Å²) in [6.45, 7) is 9.00. The highest BCUT2D eigenvalue weighted by Crippen LogP contribution is 2.40. The lowest BCUT2D eigenvalue weighted by atomic mass is 9.83. The summed E-state index contributed by atoms with van der Waals surface area (Å²) in [6, 6.07) is 9.70. The molecule has 0 amide bonds. The number of allylic oxidation sites excluding steroid dienone is 2. The Kier molecular flexibility index (Phi) is 4.70. The van der Waals surface area contributed by atoms with Gasteiger partial charge in [0.05, 0.1) is 11.5 Å². The lowest BCUT2D eigenvalue weighted by Gasteiger charge is -2.29. The maximum Gasteiger partial charge on any atom is 0.338 e. The second-order valence-electron chi connectivity index (χ2n) is 6.81. The van der Waals surface area contributed by atoms with Crippen LogP contribution in [0.25, 0.3) is 0 Å². The van der Waals surface area contributed by atoms with E-state index < -0.39 is 17.5 Å². The molecule has 0 radical (unpaired) electrons. The van der Waals surface area contributed by atoms with E-state index in [1.807, 2.05) is 31.2 Å². The van der Waals surface area contributed by atoms with Gasteiger partial charge in [0.15, 0.2) is 0 Å². The van der Waals surface area contributed by atoms with E-state index in [1.54, 1.807) is 27.7 Å². The zero-order chi connectivity index (χ0) is 18.1. The molecule has 1 aliphatic rings. The molecule has 1 unspecified atom stereocenters. The van der Waals surface area contributed by atoms with Crippen LogP contribution in [0.3, 0.4) is 0 Å². The van der Waals surface area contributed by atoms with Gasteiger partial charge < -0.3 is 15.2 Å². The number of esters is 1. The number of carbonyl (C=O) groups is 1. The van der Waals surface area contributed by atoms with Gasteiger partial charge in [-0.25, -0.2) is 4.79 Å². The van der Waals surface area contributed by atoms with Crippen molar-refractivity contribution in [1.82, 2.24) is 0 Å². The molecule has 2 N–H and O–H groups in total. The first-order valence-electron chi connectivity index (χ1n) is 7.72. The van der Waals surface area contributed by atoms with Gasteiger partial charge in [0.1, 0.15) is 23.0 Å². The molecule has 0 spiro atoms. The van der Waals surface area contributed by atoms with Gasteiger partial charge >= 0.3 is 5.97 Å². The van der Waals surface area contributed by atoms with E-state index in [1.165, 1.54) is 0 Å². The molecule has 2 rings (SSSR count). The van der Waals surface area contributed by atoms with Gasteiger partial charge in [-0.2, -0.15) is 5.26 Å². The van der Waals surface area contributed by atoms with E-state index in [2.05, 4.69) is 6.07 Å². The third-order valence-corrected chi connectivity index (χ3v) is 3.64. The molecule has 5 nitrogen and oxygen atoms in total. The van der Waals surface area contributed by atoms with Crippen LogP contribution in [0.2, 0.25) is 0 Å². The average Bonchev–Trinajstić information content (AvgIpc) is 2.45. The molecule has 126 valence electrons. The quantitative estimate of drug-likeness (QED) is 0.842. The highest BCUT2D eigenvalue weighted by Gasteiger charge is 2.37. The first-order chi connectivity index (χ1) is 11.1. The second-order valence-corrected chi connectivity index (χ2v) is 6.81. The largest absolute Gasteiger partial charge is 0.456 e. The van der Waals surface area contributed by atoms with Crippen LogP contribution in [0.4, 0.5) is 0 Å². The maximum absolute atomic E-state index is 12.7. The summed E-state index contributed by atoms with van der Waals surface area (Å²) in [7, 11) is 0. The molecule has 0 aliphatic carbocycles. The van der Waals surface area contributed by atoms with Gasteiger partial charge in [0.25, 0.3) is 0 Å². The molecule has 1 aromatic carbocycles. The molecule has 1 aliphatic heterocycles. The van der Waals surface area contributed by atoms with Crippen molar-refractivity contribution in [2.45, 2.75) is 46.1 Å². The van der Waals surface area contributed by atoms with Crippen molar-refractivity contribution in [3.8, 4) is 6.07 Å². The Morgan fingerprint density at radius 1 is 1.25 bits per heavy atom. The summed E-state index contributed by atoms with van der Waals surface area (Å²) in [6.07, 6.45) is 0. The molecular weight excluding hydrogens is 304 g/mol. The Bertz CT molecular complexity index is 759. The molecule has 0 fully saturated rings. The predicted molar refractivity (Wildman–Crippen MR) is 90.4 cm³/mol. The smallest absolute Gasteiger partial charge is 0.338 e. The number of aryl methyl sites for hydroxylation is 1. The van der Waals surface area contributed by atoms with Crippen molar-refractivity contribution >= 4 is 5.97 Å². The molecule has 0 saturated carbocycles. The summed E-state index contributed by atoms with van der Waals surface area (Å²) in [4.78, 5) is 12.7. The number of nitrogens with zero attached hydrogens (tertiary/aromatic N) is 1. The monoisotopic (exact) mass is 326 g/mol. The molecule has 0 aromatic heterocycles. The normalized spacial score (nSPS) is 18.1. The molecular formula is C19H22N2O3. The molecule has 5 heteroatoms. The number of nitrogens with two attached hydrogens (primary N) is 1. The topological polar surface area (TPSA) is 85.3 Å². The summed E-state index contributed by atoms with van der Waals surface area (Å²) in [5, 5.41) is 9.52. The minimum atomic E-state index is -0.651. The lowest BCUT2D eigenvalue weighted by Crippen LogP contribution is -2.30. The van der Waals surface area contributed by atoms with Crippen molar-refractivity contribution in [2.75, 3.05) is 0 Å². The Labute approximate surface area is 142 Å². The molecule has 24 heavy (non-hydrogen) atoms. The summed E-state index contributed by atoms with van der Waals surface area (Å²) in [5.41, 5.74) is 7.62. The molecule has 1 atom stereocenters. The summed E-state index contributed by atoms with van der Waals surface area (Å²) < 4.78 is 10.9. The number of rotatable bonds is 2. The molecule has 1 aromatic rings. The van der Waals surface area contributed by atoms with E-state index >= 15 is 0 Å². The van der Waals surface area contributed by atoms with Gasteiger partial charge in [-0.05, 0) is 40.2 Å². The van der Waals surface area contributed by atoms with E-state index in [0.717, 1.165) is 11.1 Å². The van der Waals surface area contributed by atoms with Crippen LogP contribution in [-0.2, 0) is 14.3 Å². The second kappa shape index (κ2) is 6.40. The van der Waals surface area contributed by atoms with Crippen LogP contribution < -0.4 is 5.73 Å². The van der Waals surface area contributed by atoms with Crippen LogP contribution in [0.5, 0.6) is 0 Å². The Balaban J connectivity index is 2.57. The molecule has 1 heterocycles. The minimum absolute atomic E-state index is 0.0212. The fourth-order valence-electron chi connectivity index (χ4n) is 2.57. The van der Waals surface area contributed by atoms with Gasteiger partial charge in [0, 0.05) is 0 Å². The highest BCUT2D eigenvalue weighted by molar-refractivity contribution is 5.92. The summed E-state index contributed by atoms with van der Waals surface area (Å²) in [5.74, 6) is -0.732. The number of ether oxygens (including phenoxy) is 2. The van der Waals surface area contributed by atoms with Crippen LogP contribution in [0, 0.1) is 18.3 Å². The molecule has 0 bridgehead atoms. The predicted octanol–water partition coefficient (Wildman–Crippen LogP) is 3.42.